The van der Waals surface area contributed by atoms with Crippen molar-refractivity contribution in [2.45, 2.75) is 25.7 Å². The summed E-state index contributed by atoms with van der Waals surface area (Å²) in [6.07, 6.45) is 0. The summed E-state index contributed by atoms with van der Waals surface area (Å²) in [4.78, 5) is 14.1. The second-order valence-corrected chi connectivity index (χ2v) is 8.60. The van der Waals surface area contributed by atoms with E-state index < -0.39 is 10.0 Å². The van der Waals surface area contributed by atoms with Crippen LogP contribution in [0.25, 0.3) is 0 Å². The second-order valence-electron chi connectivity index (χ2n) is 6.15. The first-order valence-corrected chi connectivity index (χ1v) is 9.01. The number of primary sulfonamides is 1. The lowest BCUT2D eigenvalue weighted by Gasteiger charge is -2.29. The molecule has 0 spiro atoms. The molecule has 0 atom stereocenters. The fourth-order valence-corrected chi connectivity index (χ4v) is 3.59. The Morgan fingerprint density at radius 1 is 1.36 bits per heavy atom. The smallest absolute Gasteiger partial charge is 0.253 e. The molecule has 4 N–H and O–H groups in total. The van der Waals surface area contributed by atoms with Crippen LogP contribution in [0.15, 0.2) is 21.5 Å². The molecule has 1 amide bonds. The maximum atomic E-state index is 12.6. The van der Waals surface area contributed by atoms with Gasteiger partial charge in [0.05, 0.1) is 4.90 Å². The number of nitrogens with two attached hydrogens (primary N) is 2. The Balaban J connectivity index is 3.27. The fraction of sp³-hybridized carbons (Fsp3) is 0.500. The zero-order chi connectivity index (χ0) is 17.3. The van der Waals surface area contributed by atoms with Crippen molar-refractivity contribution in [1.82, 2.24) is 4.90 Å². The van der Waals surface area contributed by atoms with E-state index in [0.717, 1.165) is 0 Å². The van der Waals surface area contributed by atoms with Crippen LogP contribution >= 0.6 is 15.9 Å². The lowest BCUT2D eigenvalue weighted by molar-refractivity contribution is 0.0739. The zero-order valence-electron chi connectivity index (χ0n) is 13.2. The van der Waals surface area contributed by atoms with Crippen LogP contribution < -0.4 is 10.9 Å². The summed E-state index contributed by atoms with van der Waals surface area (Å²) < 4.78 is 23.8. The SMILES string of the molecule is Cc1c(C(=O)N(C)CC(C)(C)CN)cc(Br)cc1S(N)(=O)=O. The van der Waals surface area contributed by atoms with Crippen molar-refractivity contribution in [2.24, 2.45) is 16.3 Å². The predicted octanol–water partition coefficient (Wildman–Crippen LogP) is 1.46. The normalized spacial score (nSPS) is 12.3. The minimum Gasteiger partial charge on any atom is -0.341 e. The highest BCUT2D eigenvalue weighted by molar-refractivity contribution is 9.10. The van der Waals surface area contributed by atoms with E-state index in [2.05, 4.69) is 15.9 Å². The Morgan fingerprint density at radius 2 is 1.91 bits per heavy atom. The van der Waals surface area contributed by atoms with Gasteiger partial charge in [0.25, 0.3) is 5.91 Å². The van der Waals surface area contributed by atoms with E-state index in [1.165, 1.54) is 11.0 Å². The molecule has 22 heavy (non-hydrogen) atoms. The number of halogens is 1. The number of carbonyl (C=O) groups is 1. The first-order valence-electron chi connectivity index (χ1n) is 6.67. The van der Waals surface area contributed by atoms with Gasteiger partial charge in [0.2, 0.25) is 10.0 Å². The van der Waals surface area contributed by atoms with Crippen LogP contribution in [-0.2, 0) is 10.0 Å². The summed E-state index contributed by atoms with van der Waals surface area (Å²) in [5.41, 5.74) is 6.10. The first-order chi connectivity index (χ1) is 9.89. The largest absolute Gasteiger partial charge is 0.341 e. The number of benzene rings is 1. The maximum absolute atomic E-state index is 12.6. The van der Waals surface area contributed by atoms with Gasteiger partial charge < -0.3 is 10.6 Å². The third-order valence-electron chi connectivity index (χ3n) is 3.43. The van der Waals surface area contributed by atoms with Gasteiger partial charge in [-0.05, 0) is 36.6 Å². The average molecular weight is 392 g/mol. The summed E-state index contributed by atoms with van der Waals surface area (Å²) in [5, 5.41) is 5.20. The van der Waals surface area contributed by atoms with Gasteiger partial charge in [-0.2, -0.15) is 0 Å². The number of carbonyl (C=O) groups excluding carboxylic acids is 1. The van der Waals surface area contributed by atoms with Crippen LogP contribution in [0.3, 0.4) is 0 Å². The van der Waals surface area contributed by atoms with Crippen LogP contribution in [0.5, 0.6) is 0 Å². The van der Waals surface area contributed by atoms with E-state index >= 15 is 0 Å². The highest BCUT2D eigenvalue weighted by atomic mass is 79.9. The molecule has 8 heteroatoms. The van der Waals surface area contributed by atoms with Crippen molar-refractivity contribution in [2.75, 3.05) is 20.1 Å². The Bertz CT molecular complexity index is 687. The molecule has 0 aliphatic heterocycles. The summed E-state index contributed by atoms with van der Waals surface area (Å²) in [5.74, 6) is -0.273. The quantitative estimate of drug-likeness (QED) is 0.791. The number of hydrogen-bond donors (Lipinski definition) is 2. The van der Waals surface area contributed by atoms with Gasteiger partial charge >= 0.3 is 0 Å². The van der Waals surface area contributed by atoms with Crippen molar-refractivity contribution in [3.05, 3.63) is 27.7 Å². The van der Waals surface area contributed by atoms with Crippen molar-refractivity contribution >= 4 is 31.9 Å². The van der Waals surface area contributed by atoms with Crippen LogP contribution in [0, 0.1) is 12.3 Å². The molecule has 0 unspecified atom stereocenters. The van der Waals surface area contributed by atoms with Gasteiger partial charge in [0.15, 0.2) is 0 Å². The molecule has 0 radical (unpaired) electrons. The van der Waals surface area contributed by atoms with E-state index in [-0.39, 0.29) is 16.2 Å². The predicted molar refractivity (Wildman–Crippen MR) is 90.0 cm³/mol. The van der Waals surface area contributed by atoms with Gasteiger partial charge in [-0.25, -0.2) is 13.6 Å². The van der Waals surface area contributed by atoms with E-state index in [1.54, 1.807) is 20.0 Å². The summed E-state index contributed by atoms with van der Waals surface area (Å²) in [7, 11) is -2.23. The Kier molecular flexibility index (Phi) is 5.77. The van der Waals surface area contributed by atoms with Crippen LogP contribution in [0.2, 0.25) is 0 Å². The molecule has 0 heterocycles. The molecular weight excluding hydrogens is 370 g/mol. The molecule has 124 valence electrons. The van der Waals surface area contributed by atoms with Crippen LogP contribution in [-0.4, -0.2) is 39.4 Å². The van der Waals surface area contributed by atoms with Crippen molar-refractivity contribution in [3.8, 4) is 0 Å². The molecule has 1 aromatic carbocycles. The molecule has 6 nitrogen and oxygen atoms in total. The molecule has 0 saturated carbocycles. The average Bonchev–Trinajstić information content (AvgIpc) is 2.38. The molecule has 0 aliphatic rings. The van der Waals surface area contributed by atoms with E-state index in [4.69, 9.17) is 10.9 Å². The minimum atomic E-state index is -3.90. The molecule has 0 aromatic heterocycles. The van der Waals surface area contributed by atoms with E-state index in [0.29, 0.717) is 28.7 Å². The molecule has 0 saturated heterocycles. The monoisotopic (exact) mass is 391 g/mol. The second kappa shape index (κ2) is 6.66. The molecule has 1 rings (SSSR count). The number of sulfonamides is 1. The molecule has 1 aromatic rings. The van der Waals surface area contributed by atoms with Crippen molar-refractivity contribution in [1.29, 1.82) is 0 Å². The third-order valence-corrected chi connectivity index (χ3v) is 4.92. The van der Waals surface area contributed by atoms with Gasteiger partial charge in [-0.3, -0.25) is 4.79 Å². The molecule has 0 bridgehead atoms. The zero-order valence-corrected chi connectivity index (χ0v) is 15.6. The summed E-state index contributed by atoms with van der Waals surface area (Å²) in [6, 6.07) is 2.99. The van der Waals surface area contributed by atoms with Crippen molar-refractivity contribution < 1.29 is 13.2 Å². The lowest BCUT2D eigenvalue weighted by atomic mass is 9.93. The first kappa shape index (κ1) is 19.1. The Morgan fingerprint density at radius 3 is 2.36 bits per heavy atom. The van der Waals surface area contributed by atoms with E-state index in [9.17, 15) is 13.2 Å². The van der Waals surface area contributed by atoms with Gasteiger partial charge in [0, 0.05) is 23.6 Å². The van der Waals surface area contributed by atoms with Crippen LogP contribution in [0.1, 0.15) is 29.8 Å². The highest BCUT2D eigenvalue weighted by Crippen LogP contribution is 2.25. The Labute approximate surface area is 140 Å². The lowest BCUT2D eigenvalue weighted by Crippen LogP contribution is -2.40. The minimum absolute atomic E-state index is 0.0586. The number of nitrogens with zero attached hydrogens (tertiary/aromatic N) is 1. The number of amides is 1. The van der Waals surface area contributed by atoms with Gasteiger partial charge in [-0.1, -0.05) is 29.8 Å². The summed E-state index contributed by atoms with van der Waals surface area (Å²) in [6.45, 7) is 6.38. The molecule has 0 fully saturated rings. The van der Waals surface area contributed by atoms with Gasteiger partial charge in [0.1, 0.15) is 0 Å². The van der Waals surface area contributed by atoms with Crippen molar-refractivity contribution in [3.63, 3.8) is 0 Å². The molecule has 0 aliphatic carbocycles. The standard InChI is InChI=1S/C14H22BrN3O3S/c1-9-11(5-10(15)6-12(9)22(17,20)21)13(19)18(4)8-14(2,3)7-16/h5-6H,7-8,16H2,1-4H3,(H2,17,20,21). The molecular formula is C14H22BrN3O3S. The van der Waals surface area contributed by atoms with Gasteiger partial charge in [-0.15, -0.1) is 0 Å². The van der Waals surface area contributed by atoms with Crippen LogP contribution in [0.4, 0.5) is 0 Å². The summed E-state index contributed by atoms with van der Waals surface area (Å²) >= 11 is 3.22. The van der Waals surface area contributed by atoms with E-state index in [1.807, 2.05) is 13.8 Å². The fourth-order valence-electron chi connectivity index (χ4n) is 2.16. The maximum Gasteiger partial charge on any atom is 0.253 e. The highest BCUT2D eigenvalue weighted by Gasteiger charge is 2.25. The third kappa shape index (κ3) is 4.52. The topological polar surface area (TPSA) is 106 Å². The number of hydrogen-bond acceptors (Lipinski definition) is 4. The Hall–Kier alpha value is -0.960. The number of rotatable bonds is 5.